The van der Waals surface area contributed by atoms with Gasteiger partial charge in [-0.1, -0.05) is 12.1 Å². The number of nitrogens with zero attached hydrogens (tertiary/aromatic N) is 1. The molecule has 0 bridgehead atoms. The number of hydrogen-bond donors (Lipinski definition) is 1. The van der Waals surface area contributed by atoms with Crippen molar-refractivity contribution < 1.29 is 9.59 Å². The highest BCUT2D eigenvalue weighted by Crippen LogP contribution is 2.24. The molecule has 1 N–H and O–H groups in total. The summed E-state index contributed by atoms with van der Waals surface area (Å²) in [6.45, 7) is 8.13. The first-order valence-corrected chi connectivity index (χ1v) is 6.37. The van der Waals surface area contributed by atoms with Gasteiger partial charge in [0.1, 0.15) is 0 Å². The fourth-order valence-corrected chi connectivity index (χ4v) is 2.18. The zero-order valence-corrected chi connectivity index (χ0v) is 11.3. The van der Waals surface area contributed by atoms with E-state index in [2.05, 4.69) is 11.9 Å². The Labute approximate surface area is 113 Å². The molecule has 0 fully saturated rings. The maximum atomic E-state index is 12.4. The molecule has 1 aromatic rings. The van der Waals surface area contributed by atoms with Crippen LogP contribution in [0.1, 0.15) is 29.8 Å². The van der Waals surface area contributed by atoms with E-state index < -0.39 is 0 Å². The summed E-state index contributed by atoms with van der Waals surface area (Å²) in [7, 11) is 0. The number of carbonyl (C=O) groups excluding carboxylic acids is 2. The molecule has 0 atom stereocenters. The summed E-state index contributed by atoms with van der Waals surface area (Å²) in [6.07, 6.45) is 2.11. The first-order valence-electron chi connectivity index (χ1n) is 6.37. The summed E-state index contributed by atoms with van der Waals surface area (Å²) in [5.74, 6) is -0.0646. The molecule has 2 amide bonds. The first kappa shape index (κ1) is 13.3. The van der Waals surface area contributed by atoms with Crippen molar-refractivity contribution in [1.29, 1.82) is 0 Å². The third kappa shape index (κ3) is 2.67. The van der Waals surface area contributed by atoms with Crippen LogP contribution in [0.5, 0.6) is 0 Å². The van der Waals surface area contributed by atoms with Gasteiger partial charge in [0.2, 0.25) is 5.91 Å². The highest BCUT2D eigenvalue weighted by Gasteiger charge is 2.22. The van der Waals surface area contributed by atoms with E-state index in [4.69, 9.17) is 0 Å². The van der Waals surface area contributed by atoms with E-state index in [-0.39, 0.29) is 17.9 Å². The molecule has 2 rings (SSSR count). The summed E-state index contributed by atoms with van der Waals surface area (Å²) < 4.78 is 0. The number of carbonyl (C=O) groups is 2. The number of nitrogens with one attached hydrogen (secondary N) is 1. The molecule has 19 heavy (non-hydrogen) atoms. The van der Waals surface area contributed by atoms with Crippen molar-refractivity contribution in [2.45, 2.75) is 26.3 Å². The summed E-state index contributed by atoms with van der Waals surface area (Å²) in [4.78, 5) is 25.5. The van der Waals surface area contributed by atoms with Crippen molar-refractivity contribution in [1.82, 2.24) is 4.90 Å². The van der Waals surface area contributed by atoms with Crippen LogP contribution in [0.2, 0.25) is 0 Å². The number of anilines is 1. The van der Waals surface area contributed by atoms with Crippen LogP contribution in [-0.2, 0) is 11.2 Å². The fraction of sp³-hybridized carbons (Fsp3) is 0.333. The molecule has 100 valence electrons. The smallest absolute Gasteiger partial charge is 0.254 e. The molecule has 1 aliphatic rings. The standard InChI is InChI=1S/C15H18N2O2/c1-4-7-17(10(2)3)15(19)12-6-5-11-9-14(18)16-13(11)8-12/h4-6,8,10H,1,7,9H2,2-3H3,(H,16,18). The van der Waals surface area contributed by atoms with Gasteiger partial charge < -0.3 is 10.2 Å². The molecule has 1 aliphatic heterocycles. The van der Waals surface area contributed by atoms with Crippen LogP contribution in [0.3, 0.4) is 0 Å². The van der Waals surface area contributed by atoms with E-state index in [0.29, 0.717) is 18.5 Å². The predicted octanol–water partition coefficient (Wildman–Crippen LogP) is 2.22. The van der Waals surface area contributed by atoms with Gasteiger partial charge in [0.25, 0.3) is 5.91 Å². The number of hydrogen-bond acceptors (Lipinski definition) is 2. The van der Waals surface area contributed by atoms with Crippen LogP contribution in [0.4, 0.5) is 5.69 Å². The Morgan fingerprint density at radius 1 is 1.53 bits per heavy atom. The lowest BCUT2D eigenvalue weighted by Gasteiger charge is -2.25. The molecule has 4 nitrogen and oxygen atoms in total. The summed E-state index contributed by atoms with van der Waals surface area (Å²) in [6, 6.07) is 5.47. The minimum absolute atomic E-state index is 0.0218. The lowest BCUT2D eigenvalue weighted by Crippen LogP contribution is -2.37. The second-order valence-corrected chi connectivity index (χ2v) is 4.94. The van der Waals surface area contributed by atoms with Crippen molar-refractivity contribution >= 4 is 17.5 Å². The first-order chi connectivity index (χ1) is 9.02. The molecule has 1 heterocycles. The Balaban J connectivity index is 2.27. The van der Waals surface area contributed by atoms with Gasteiger partial charge >= 0.3 is 0 Å². The Kier molecular flexibility index (Phi) is 3.69. The van der Waals surface area contributed by atoms with E-state index in [1.807, 2.05) is 19.9 Å². The van der Waals surface area contributed by atoms with Gasteiger partial charge in [0.15, 0.2) is 0 Å². The number of fused-ring (bicyclic) bond motifs is 1. The van der Waals surface area contributed by atoms with Crippen molar-refractivity contribution in [2.75, 3.05) is 11.9 Å². The van der Waals surface area contributed by atoms with Crippen LogP contribution in [0.15, 0.2) is 30.9 Å². The lowest BCUT2D eigenvalue weighted by molar-refractivity contribution is -0.115. The number of benzene rings is 1. The second kappa shape index (κ2) is 5.26. The van der Waals surface area contributed by atoms with Gasteiger partial charge in [0, 0.05) is 23.8 Å². The molecule has 0 spiro atoms. The van der Waals surface area contributed by atoms with Crippen molar-refractivity contribution in [3.05, 3.63) is 42.0 Å². The van der Waals surface area contributed by atoms with E-state index in [1.54, 1.807) is 23.1 Å². The zero-order chi connectivity index (χ0) is 14.0. The Bertz CT molecular complexity index is 535. The minimum atomic E-state index is -0.0427. The van der Waals surface area contributed by atoms with Crippen LogP contribution < -0.4 is 5.32 Å². The highest BCUT2D eigenvalue weighted by atomic mass is 16.2. The number of amides is 2. The lowest BCUT2D eigenvalue weighted by atomic mass is 10.1. The maximum absolute atomic E-state index is 12.4. The molecule has 1 aromatic carbocycles. The van der Waals surface area contributed by atoms with Crippen molar-refractivity contribution in [3.8, 4) is 0 Å². The molecule has 4 heteroatoms. The van der Waals surface area contributed by atoms with E-state index in [0.717, 1.165) is 11.3 Å². The highest BCUT2D eigenvalue weighted by molar-refractivity contribution is 6.02. The Morgan fingerprint density at radius 3 is 2.89 bits per heavy atom. The van der Waals surface area contributed by atoms with Gasteiger partial charge in [-0.15, -0.1) is 6.58 Å². The number of rotatable bonds is 4. The van der Waals surface area contributed by atoms with Crippen molar-refractivity contribution in [3.63, 3.8) is 0 Å². The topological polar surface area (TPSA) is 49.4 Å². The molecule has 0 saturated carbocycles. The van der Waals surface area contributed by atoms with Crippen LogP contribution in [0, 0.1) is 0 Å². The van der Waals surface area contributed by atoms with Gasteiger partial charge in [0.05, 0.1) is 6.42 Å². The zero-order valence-electron chi connectivity index (χ0n) is 11.3. The largest absolute Gasteiger partial charge is 0.333 e. The van der Waals surface area contributed by atoms with Gasteiger partial charge in [-0.25, -0.2) is 0 Å². The molecule has 0 radical (unpaired) electrons. The van der Waals surface area contributed by atoms with Gasteiger partial charge in [-0.3, -0.25) is 9.59 Å². The van der Waals surface area contributed by atoms with E-state index in [9.17, 15) is 9.59 Å². The molecule has 0 aliphatic carbocycles. The van der Waals surface area contributed by atoms with Gasteiger partial charge in [-0.05, 0) is 31.5 Å². The summed E-state index contributed by atoms with van der Waals surface area (Å²) >= 11 is 0. The van der Waals surface area contributed by atoms with Gasteiger partial charge in [-0.2, -0.15) is 0 Å². The quantitative estimate of drug-likeness (QED) is 0.842. The van der Waals surface area contributed by atoms with Crippen LogP contribution in [-0.4, -0.2) is 29.3 Å². The third-order valence-corrected chi connectivity index (χ3v) is 3.19. The van der Waals surface area contributed by atoms with Crippen LogP contribution >= 0.6 is 0 Å². The average molecular weight is 258 g/mol. The van der Waals surface area contributed by atoms with Crippen molar-refractivity contribution in [2.24, 2.45) is 0 Å². The van der Waals surface area contributed by atoms with Crippen LogP contribution in [0.25, 0.3) is 0 Å². The molecule has 0 saturated heterocycles. The SMILES string of the molecule is C=CCN(C(=O)c1ccc2c(c1)NC(=O)C2)C(C)C. The third-order valence-electron chi connectivity index (χ3n) is 3.19. The monoisotopic (exact) mass is 258 g/mol. The Morgan fingerprint density at radius 2 is 2.26 bits per heavy atom. The minimum Gasteiger partial charge on any atom is -0.333 e. The molecule has 0 unspecified atom stereocenters. The normalized spacial score (nSPS) is 13.1. The summed E-state index contributed by atoms with van der Waals surface area (Å²) in [5.41, 5.74) is 2.29. The predicted molar refractivity (Wildman–Crippen MR) is 75.1 cm³/mol. The maximum Gasteiger partial charge on any atom is 0.254 e. The second-order valence-electron chi connectivity index (χ2n) is 4.94. The molecule has 0 aromatic heterocycles. The summed E-state index contributed by atoms with van der Waals surface area (Å²) in [5, 5.41) is 2.76. The average Bonchev–Trinajstić information content (AvgIpc) is 2.73. The van der Waals surface area contributed by atoms with E-state index >= 15 is 0 Å². The molecular formula is C15H18N2O2. The molecular weight excluding hydrogens is 240 g/mol. The van der Waals surface area contributed by atoms with E-state index in [1.165, 1.54) is 0 Å². The Hall–Kier alpha value is -2.10. The fourth-order valence-electron chi connectivity index (χ4n) is 2.18.